The standard InChI is InChI=1S/C13H19ClN2/c1-2-7-16(11-5-6-11)12-4-3-10(9-15)13(14)8-12/h3-4,8,11H,2,5-7,9,15H2,1H3. The van der Waals surface area contributed by atoms with Crippen molar-refractivity contribution in [3.63, 3.8) is 0 Å². The van der Waals surface area contributed by atoms with E-state index in [1.54, 1.807) is 0 Å². The molecule has 1 aliphatic carbocycles. The molecule has 88 valence electrons. The lowest BCUT2D eigenvalue weighted by molar-refractivity contribution is 0.763. The third kappa shape index (κ3) is 2.50. The monoisotopic (exact) mass is 238 g/mol. The van der Waals surface area contributed by atoms with Crippen LogP contribution in [0.3, 0.4) is 0 Å². The molecule has 1 fully saturated rings. The van der Waals surface area contributed by atoms with Crippen molar-refractivity contribution in [2.45, 2.75) is 38.8 Å². The van der Waals surface area contributed by atoms with Gasteiger partial charge < -0.3 is 10.6 Å². The van der Waals surface area contributed by atoms with Crippen LogP contribution >= 0.6 is 11.6 Å². The second-order valence-corrected chi connectivity index (χ2v) is 4.81. The summed E-state index contributed by atoms with van der Waals surface area (Å²) < 4.78 is 0. The molecule has 0 unspecified atom stereocenters. The maximum absolute atomic E-state index is 6.19. The smallest absolute Gasteiger partial charge is 0.0471 e. The van der Waals surface area contributed by atoms with Crippen LogP contribution in [-0.4, -0.2) is 12.6 Å². The first-order valence-corrected chi connectivity index (χ1v) is 6.39. The van der Waals surface area contributed by atoms with E-state index in [4.69, 9.17) is 17.3 Å². The number of benzene rings is 1. The van der Waals surface area contributed by atoms with Crippen LogP contribution in [0.1, 0.15) is 31.7 Å². The molecule has 0 atom stereocenters. The highest BCUT2D eigenvalue weighted by atomic mass is 35.5. The van der Waals surface area contributed by atoms with Gasteiger partial charge in [-0.25, -0.2) is 0 Å². The van der Waals surface area contributed by atoms with E-state index >= 15 is 0 Å². The van der Waals surface area contributed by atoms with E-state index in [1.807, 2.05) is 6.07 Å². The molecular weight excluding hydrogens is 220 g/mol. The Morgan fingerprint density at radius 1 is 1.44 bits per heavy atom. The second-order valence-electron chi connectivity index (χ2n) is 4.40. The second kappa shape index (κ2) is 5.07. The van der Waals surface area contributed by atoms with Gasteiger partial charge in [0.1, 0.15) is 0 Å². The summed E-state index contributed by atoms with van der Waals surface area (Å²) in [4.78, 5) is 2.46. The van der Waals surface area contributed by atoms with Crippen LogP contribution in [0.25, 0.3) is 0 Å². The molecule has 1 aromatic rings. The quantitative estimate of drug-likeness (QED) is 0.854. The lowest BCUT2D eigenvalue weighted by Gasteiger charge is -2.24. The molecule has 0 bridgehead atoms. The van der Waals surface area contributed by atoms with Crippen molar-refractivity contribution >= 4 is 17.3 Å². The van der Waals surface area contributed by atoms with Crippen LogP contribution in [0.5, 0.6) is 0 Å². The van der Waals surface area contributed by atoms with Gasteiger partial charge in [0.15, 0.2) is 0 Å². The van der Waals surface area contributed by atoms with Gasteiger partial charge in [0.25, 0.3) is 0 Å². The van der Waals surface area contributed by atoms with Crippen molar-refractivity contribution in [1.82, 2.24) is 0 Å². The summed E-state index contributed by atoms with van der Waals surface area (Å²) in [5.41, 5.74) is 7.88. The van der Waals surface area contributed by atoms with Gasteiger partial charge in [0.2, 0.25) is 0 Å². The number of anilines is 1. The molecule has 16 heavy (non-hydrogen) atoms. The largest absolute Gasteiger partial charge is 0.369 e. The maximum Gasteiger partial charge on any atom is 0.0471 e. The van der Waals surface area contributed by atoms with Gasteiger partial charge >= 0.3 is 0 Å². The van der Waals surface area contributed by atoms with Crippen molar-refractivity contribution in [3.8, 4) is 0 Å². The molecule has 0 amide bonds. The minimum Gasteiger partial charge on any atom is -0.369 e. The van der Waals surface area contributed by atoms with E-state index in [-0.39, 0.29) is 0 Å². The average molecular weight is 239 g/mol. The van der Waals surface area contributed by atoms with E-state index in [0.717, 1.165) is 23.2 Å². The highest BCUT2D eigenvalue weighted by Gasteiger charge is 2.28. The molecule has 1 aliphatic rings. The Hall–Kier alpha value is -0.730. The highest BCUT2D eigenvalue weighted by Crippen LogP contribution is 2.33. The average Bonchev–Trinajstić information content (AvgIpc) is 3.09. The fourth-order valence-corrected chi connectivity index (χ4v) is 2.28. The molecule has 0 aliphatic heterocycles. The molecule has 2 rings (SSSR count). The van der Waals surface area contributed by atoms with Crippen LogP contribution < -0.4 is 10.6 Å². The number of rotatable bonds is 5. The summed E-state index contributed by atoms with van der Waals surface area (Å²) >= 11 is 6.19. The number of nitrogens with two attached hydrogens (primary N) is 1. The van der Waals surface area contributed by atoms with Crippen molar-refractivity contribution in [3.05, 3.63) is 28.8 Å². The molecule has 0 spiro atoms. The lowest BCUT2D eigenvalue weighted by atomic mass is 10.2. The molecule has 1 saturated carbocycles. The number of nitrogens with zero attached hydrogens (tertiary/aromatic N) is 1. The van der Waals surface area contributed by atoms with Crippen LogP contribution in [0.2, 0.25) is 5.02 Å². The Bertz CT molecular complexity index is 361. The summed E-state index contributed by atoms with van der Waals surface area (Å²) in [6.07, 6.45) is 3.80. The highest BCUT2D eigenvalue weighted by molar-refractivity contribution is 6.31. The number of hydrogen-bond acceptors (Lipinski definition) is 2. The summed E-state index contributed by atoms with van der Waals surface area (Å²) in [5, 5.41) is 0.793. The number of halogens is 1. The molecule has 2 nitrogen and oxygen atoms in total. The van der Waals surface area contributed by atoms with E-state index in [2.05, 4.69) is 24.0 Å². The molecule has 0 radical (unpaired) electrons. The van der Waals surface area contributed by atoms with Gasteiger partial charge in [0, 0.05) is 29.8 Å². The van der Waals surface area contributed by atoms with Gasteiger partial charge in [-0.1, -0.05) is 24.6 Å². The topological polar surface area (TPSA) is 29.3 Å². The molecule has 2 N–H and O–H groups in total. The SMILES string of the molecule is CCCN(c1ccc(CN)c(Cl)c1)C1CC1. The first-order chi connectivity index (χ1) is 7.76. The predicted octanol–water partition coefficient (Wildman–Crippen LogP) is 3.18. The minimum absolute atomic E-state index is 0.510. The van der Waals surface area contributed by atoms with E-state index in [1.165, 1.54) is 24.9 Å². The van der Waals surface area contributed by atoms with Crippen LogP contribution in [0.4, 0.5) is 5.69 Å². The predicted molar refractivity (Wildman–Crippen MR) is 70.0 cm³/mol. The van der Waals surface area contributed by atoms with Crippen LogP contribution in [0, 0.1) is 0 Å². The molecule has 1 aromatic carbocycles. The fourth-order valence-electron chi connectivity index (χ4n) is 2.03. The molecule has 0 saturated heterocycles. The molecular formula is C13H19ClN2. The van der Waals surface area contributed by atoms with Gasteiger partial charge in [0.05, 0.1) is 0 Å². The maximum atomic E-state index is 6.19. The number of hydrogen-bond donors (Lipinski definition) is 1. The zero-order chi connectivity index (χ0) is 11.5. The third-order valence-corrected chi connectivity index (χ3v) is 3.39. The third-order valence-electron chi connectivity index (χ3n) is 3.04. The summed E-state index contributed by atoms with van der Waals surface area (Å²) in [5.74, 6) is 0. The van der Waals surface area contributed by atoms with Crippen LogP contribution in [-0.2, 0) is 6.54 Å². The zero-order valence-corrected chi connectivity index (χ0v) is 10.5. The van der Waals surface area contributed by atoms with E-state index < -0.39 is 0 Å². The van der Waals surface area contributed by atoms with Gasteiger partial charge in [-0.2, -0.15) is 0 Å². The zero-order valence-electron chi connectivity index (χ0n) is 9.75. The molecule has 3 heteroatoms. The Kier molecular flexibility index (Phi) is 3.72. The Morgan fingerprint density at radius 2 is 2.19 bits per heavy atom. The lowest BCUT2D eigenvalue weighted by Crippen LogP contribution is -2.26. The van der Waals surface area contributed by atoms with E-state index in [9.17, 15) is 0 Å². The Labute approximate surface area is 102 Å². The molecule has 0 heterocycles. The van der Waals surface area contributed by atoms with Crippen molar-refractivity contribution in [2.24, 2.45) is 5.73 Å². The molecule has 0 aromatic heterocycles. The Morgan fingerprint density at radius 3 is 2.69 bits per heavy atom. The normalized spacial score (nSPS) is 15.2. The summed E-state index contributed by atoms with van der Waals surface area (Å²) in [6, 6.07) is 6.97. The Balaban J connectivity index is 2.20. The first kappa shape index (κ1) is 11.7. The fraction of sp³-hybridized carbons (Fsp3) is 0.538. The van der Waals surface area contributed by atoms with Crippen LogP contribution in [0.15, 0.2) is 18.2 Å². The summed E-state index contributed by atoms with van der Waals surface area (Å²) in [7, 11) is 0. The summed E-state index contributed by atoms with van der Waals surface area (Å²) in [6.45, 7) is 3.84. The van der Waals surface area contributed by atoms with Gasteiger partial charge in [-0.15, -0.1) is 0 Å². The van der Waals surface area contributed by atoms with Crippen molar-refractivity contribution in [1.29, 1.82) is 0 Å². The van der Waals surface area contributed by atoms with Gasteiger partial charge in [-0.05, 0) is 37.0 Å². The van der Waals surface area contributed by atoms with Gasteiger partial charge in [-0.3, -0.25) is 0 Å². The van der Waals surface area contributed by atoms with E-state index in [0.29, 0.717) is 6.54 Å². The first-order valence-electron chi connectivity index (χ1n) is 6.01. The van der Waals surface area contributed by atoms with Crippen molar-refractivity contribution in [2.75, 3.05) is 11.4 Å². The van der Waals surface area contributed by atoms with Crippen molar-refractivity contribution < 1.29 is 0 Å². The minimum atomic E-state index is 0.510.